The van der Waals surface area contributed by atoms with Gasteiger partial charge in [-0.15, -0.1) is 0 Å². The van der Waals surface area contributed by atoms with Gasteiger partial charge in [-0.25, -0.2) is 4.98 Å². The standard InChI is InChI=1S/C26H31N7/c1-3-31-13-15-32(16-14-31)20-9-10-24-21(17-20)25(30-26-27-11-12-33(24)26)28-18(2)22-5-4-6-23(29-22)19-7-8-19/h4-6,9-12,17-19H,3,7-8,13-16H2,1-2H3,(H,27,28,30). The van der Waals surface area contributed by atoms with Crippen LogP contribution in [0.4, 0.5) is 11.5 Å². The van der Waals surface area contributed by atoms with Crippen LogP contribution in [0.5, 0.6) is 0 Å². The van der Waals surface area contributed by atoms with Crippen LogP contribution in [0.25, 0.3) is 16.7 Å². The van der Waals surface area contributed by atoms with Gasteiger partial charge in [0.05, 0.1) is 17.3 Å². The molecule has 1 atom stereocenters. The van der Waals surface area contributed by atoms with Gasteiger partial charge < -0.3 is 15.1 Å². The van der Waals surface area contributed by atoms with Crippen molar-refractivity contribution >= 4 is 28.2 Å². The molecular formula is C26H31N7. The largest absolute Gasteiger partial charge is 0.369 e. The molecule has 7 heteroatoms. The monoisotopic (exact) mass is 441 g/mol. The highest BCUT2D eigenvalue weighted by Gasteiger charge is 2.25. The number of imidazole rings is 1. The highest BCUT2D eigenvalue weighted by molar-refractivity contribution is 5.93. The number of nitrogens with zero attached hydrogens (tertiary/aromatic N) is 6. The molecule has 33 heavy (non-hydrogen) atoms. The molecule has 0 bridgehead atoms. The Hall–Kier alpha value is -3.19. The molecule has 1 saturated carbocycles. The van der Waals surface area contributed by atoms with E-state index in [1.807, 2.05) is 12.4 Å². The van der Waals surface area contributed by atoms with Gasteiger partial charge in [0.25, 0.3) is 0 Å². The number of anilines is 2. The maximum absolute atomic E-state index is 4.95. The number of aromatic nitrogens is 4. The SMILES string of the molecule is CCN1CCN(c2ccc3c(c2)c(NC(C)c2cccc(C4CC4)n2)nc2nccn23)CC1. The van der Waals surface area contributed by atoms with Gasteiger partial charge >= 0.3 is 0 Å². The van der Waals surface area contributed by atoms with Crippen LogP contribution in [0.1, 0.15) is 50.0 Å². The molecule has 6 rings (SSSR count). The molecule has 0 radical (unpaired) electrons. The summed E-state index contributed by atoms with van der Waals surface area (Å²) in [5.41, 5.74) is 4.65. The van der Waals surface area contributed by atoms with Gasteiger partial charge in [0, 0.05) is 61.3 Å². The van der Waals surface area contributed by atoms with Crippen molar-refractivity contribution in [3.63, 3.8) is 0 Å². The quantitative estimate of drug-likeness (QED) is 0.476. The fourth-order valence-electron chi connectivity index (χ4n) is 4.87. The summed E-state index contributed by atoms with van der Waals surface area (Å²) in [7, 11) is 0. The lowest BCUT2D eigenvalue weighted by Crippen LogP contribution is -2.46. The summed E-state index contributed by atoms with van der Waals surface area (Å²) in [4.78, 5) is 19.3. The van der Waals surface area contributed by atoms with Crippen molar-refractivity contribution in [2.75, 3.05) is 42.9 Å². The maximum Gasteiger partial charge on any atom is 0.236 e. The molecule has 0 spiro atoms. The zero-order valence-electron chi connectivity index (χ0n) is 19.4. The first-order valence-corrected chi connectivity index (χ1v) is 12.2. The second kappa shape index (κ2) is 8.30. The van der Waals surface area contributed by atoms with E-state index >= 15 is 0 Å². The zero-order chi connectivity index (χ0) is 22.4. The molecule has 1 saturated heterocycles. The van der Waals surface area contributed by atoms with E-state index in [2.05, 4.69) is 74.7 Å². The van der Waals surface area contributed by atoms with Crippen LogP contribution in [-0.2, 0) is 0 Å². The van der Waals surface area contributed by atoms with Crippen LogP contribution in [0.3, 0.4) is 0 Å². The van der Waals surface area contributed by atoms with Crippen LogP contribution in [0.15, 0.2) is 48.8 Å². The third-order valence-corrected chi connectivity index (χ3v) is 7.10. The number of likely N-dealkylation sites (N-methyl/N-ethyl adjacent to an activating group) is 1. The molecule has 3 aromatic heterocycles. The molecule has 1 aliphatic heterocycles. The van der Waals surface area contributed by atoms with Crippen molar-refractivity contribution in [3.8, 4) is 0 Å². The Bertz CT molecular complexity index is 1280. The summed E-state index contributed by atoms with van der Waals surface area (Å²) in [6, 6.07) is 13.2. The van der Waals surface area contributed by atoms with Crippen LogP contribution in [0.2, 0.25) is 0 Å². The van der Waals surface area contributed by atoms with Gasteiger partial charge in [0.15, 0.2) is 0 Å². The Morgan fingerprint density at radius 3 is 2.70 bits per heavy atom. The van der Waals surface area contributed by atoms with Crippen molar-refractivity contribution in [2.45, 2.75) is 38.6 Å². The summed E-state index contributed by atoms with van der Waals surface area (Å²) in [5, 5.41) is 4.77. The number of rotatable bonds is 6. The van der Waals surface area contributed by atoms with E-state index < -0.39 is 0 Å². The smallest absolute Gasteiger partial charge is 0.236 e. The summed E-state index contributed by atoms with van der Waals surface area (Å²) in [6.45, 7) is 9.85. The van der Waals surface area contributed by atoms with E-state index in [1.165, 1.54) is 24.2 Å². The number of fused-ring (bicyclic) bond motifs is 3. The first-order chi connectivity index (χ1) is 16.2. The lowest BCUT2D eigenvalue weighted by molar-refractivity contribution is 0.271. The Morgan fingerprint density at radius 1 is 1.06 bits per heavy atom. The first-order valence-electron chi connectivity index (χ1n) is 12.2. The van der Waals surface area contributed by atoms with Gasteiger partial charge in [0.1, 0.15) is 5.82 Å². The summed E-state index contributed by atoms with van der Waals surface area (Å²) >= 11 is 0. The Labute approximate surface area is 194 Å². The van der Waals surface area contributed by atoms with Gasteiger partial charge in [-0.05, 0) is 56.6 Å². The van der Waals surface area contributed by atoms with E-state index in [4.69, 9.17) is 9.97 Å². The summed E-state index contributed by atoms with van der Waals surface area (Å²) < 4.78 is 2.07. The van der Waals surface area contributed by atoms with Crippen molar-refractivity contribution < 1.29 is 0 Å². The molecule has 2 fully saturated rings. The van der Waals surface area contributed by atoms with E-state index in [9.17, 15) is 0 Å². The van der Waals surface area contributed by atoms with Crippen LogP contribution in [-0.4, -0.2) is 57.0 Å². The fourth-order valence-corrected chi connectivity index (χ4v) is 4.87. The van der Waals surface area contributed by atoms with E-state index in [1.54, 1.807) is 0 Å². The molecule has 1 unspecified atom stereocenters. The van der Waals surface area contributed by atoms with Gasteiger partial charge in [0.2, 0.25) is 5.78 Å². The summed E-state index contributed by atoms with van der Waals surface area (Å²) in [6.07, 6.45) is 6.32. The zero-order valence-corrected chi connectivity index (χ0v) is 19.4. The number of pyridine rings is 1. The molecule has 170 valence electrons. The molecule has 1 N–H and O–H groups in total. The third kappa shape index (κ3) is 3.91. The number of piperazine rings is 1. The molecule has 0 amide bonds. The Balaban J connectivity index is 1.36. The topological polar surface area (TPSA) is 61.6 Å². The first kappa shape index (κ1) is 20.4. The molecular weight excluding hydrogens is 410 g/mol. The van der Waals surface area contributed by atoms with Crippen molar-refractivity contribution in [1.29, 1.82) is 0 Å². The average molecular weight is 442 g/mol. The van der Waals surface area contributed by atoms with E-state index in [-0.39, 0.29) is 6.04 Å². The molecule has 1 aromatic carbocycles. The number of nitrogens with one attached hydrogen (secondary N) is 1. The Kier molecular flexibility index (Phi) is 5.14. The molecule has 7 nitrogen and oxygen atoms in total. The highest BCUT2D eigenvalue weighted by atomic mass is 15.3. The molecule has 4 heterocycles. The van der Waals surface area contributed by atoms with E-state index in [0.29, 0.717) is 11.7 Å². The Morgan fingerprint density at radius 2 is 1.91 bits per heavy atom. The normalized spacial score (nSPS) is 18.2. The minimum atomic E-state index is 0.0496. The molecule has 4 aromatic rings. The minimum absolute atomic E-state index is 0.0496. The third-order valence-electron chi connectivity index (χ3n) is 7.10. The second-order valence-corrected chi connectivity index (χ2v) is 9.31. The number of hydrogen-bond donors (Lipinski definition) is 1. The van der Waals surface area contributed by atoms with Crippen molar-refractivity contribution in [3.05, 3.63) is 60.2 Å². The molecule has 2 aliphatic rings. The lowest BCUT2D eigenvalue weighted by Gasteiger charge is -2.35. The summed E-state index contributed by atoms with van der Waals surface area (Å²) in [5.74, 6) is 2.22. The van der Waals surface area contributed by atoms with Crippen molar-refractivity contribution in [1.82, 2.24) is 24.3 Å². The fraction of sp³-hybridized carbons (Fsp3) is 0.423. The van der Waals surface area contributed by atoms with Gasteiger partial charge in [-0.1, -0.05) is 13.0 Å². The second-order valence-electron chi connectivity index (χ2n) is 9.31. The van der Waals surface area contributed by atoms with Gasteiger partial charge in [-0.2, -0.15) is 4.98 Å². The predicted molar refractivity (Wildman–Crippen MR) is 133 cm³/mol. The van der Waals surface area contributed by atoms with Crippen LogP contribution in [0, 0.1) is 0 Å². The van der Waals surface area contributed by atoms with Gasteiger partial charge in [-0.3, -0.25) is 9.38 Å². The number of benzene rings is 1. The molecule has 1 aliphatic carbocycles. The number of hydrogen-bond acceptors (Lipinski definition) is 6. The predicted octanol–water partition coefficient (Wildman–Crippen LogP) is 4.47. The highest BCUT2D eigenvalue weighted by Crippen LogP contribution is 2.39. The minimum Gasteiger partial charge on any atom is -0.369 e. The lowest BCUT2D eigenvalue weighted by atomic mass is 10.1. The van der Waals surface area contributed by atoms with Crippen LogP contribution >= 0.6 is 0 Å². The average Bonchev–Trinajstić information content (AvgIpc) is 3.61. The maximum atomic E-state index is 4.95. The van der Waals surface area contributed by atoms with Crippen LogP contribution < -0.4 is 10.2 Å². The van der Waals surface area contributed by atoms with E-state index in [0.717, 1.165) is 55.1 Å². The van der Waals surface area contributed by atoms with Crippen molar-refractivity contribution in [2.24, 2.45) is 0 Å².